The van der Waals surface area contributed by atoms with Gasteiger partial charge >= 0.3 is 0 Å². The summed E-state index contributed by atoms with van der Waals surface area (Å²) in [6.07, 6.45) is 19.8. The van der Waals surface area contributed by atoms with Gasteiger partial charge in [0.25, 0.3) is 0 Å². The monoisotopic (exact) mass is 349 g/mol. The van der Waals surface area contributed by atoms with Gasteiger partial charge in [-0.1, -0.05) is 32.8 Å². The van der Waals surface area contributed by atoms with Crippen LogP contribution in [0, 0.1) is 41.4 Å². The second-order valence-electron chi connectivity index (χ2n) is 10.4. The Bertz CT molecular complexity index is 733. The predicted octanol–water partition coefficient (Wildman–Crippen LogP) is 6.82. The van der Waals surface area contributed by atoms with Gasteiger partial charge in [-0.05, 0) is 109 Å². The highest BCUT2D eigenvalue weighted by Gasteiger charge is 2.58. The molecule has 0 spiro atoms. The number of rotatable bonds is 1. The molecule has 1 heteroatoms. The maximum Gasteiger partial charge on any atom is 0.0345 e. The Morgan fingerprint density at radius 3 is 2.73 bits per heavy atom. The van der Waals surface area contributed by atoms with Crippen molar-refractivity contribution in [1.82, 2.24) is 4.98 Å². The Labute approximate surface area is 159 Å². The Kier molecular flexibility index (Phi) is 3.89. The van der Waals surface area contributed by atoms with Crippen LogP contribution in [0.1, 0.15) is 82.8 Å². The number of hydrogen-bond acceptors (Lipinski definition) is 1. The van der Waals surface area contributed by atoms with Crippen LogP contribution >= 0.6 is 0 Å². The number of aryl methyl sites for hydroxylation is 1. The van der Waals surface area contributed by atoms with Gasteiger partial charge in [-0.2, -0.15) is 0 Å². The van der Waals surface area contributed by atoms with Crippen LogP contribution in [0.4, 0.5) is 0 Å². The first-order chi connectivity index (χ1) is 12.5. The van der Waals surface area contributed by atoms with Gasteiger partial charge in [0.2, 0.25) is 0 Å². The molecule has 1 heterocycles. The van der Waals surface area contributed by atoms with Crippen molar-refractivity contribution in [2.45, 2.75) is 78.6 Å². The summed E-state index contributed by atoms with van der Waals surface area (Å²) in [4.78, 5) is 4.46. The highest BCUT2D eigenvalue weighted by molar-refractivity contribution is 5.74. The zero-order chi connectivity index (χ0) is 17.9. The molecule has 1 aromatic heterocycles. The third-order valence-electron chi connectivity index (χ3n) is 9.49. The Hall–Kier alpha value is -1.11. The molecule has 1 unspecified atom stereocenters. The molecule has 0 saturated heterocycles. The minimum Gasteiger partial charge on any atom is -0.264 e. The summed E-state index contributed by atoms with van der Waals surface area (Å²) in [6.45, 7) is 7.54. The minimum absolute atomic E-state index is 0.382. The number of pyridine rings is 1. The average molecular weight is 350 g/mol. The lowest BCUT2D eigenvalue weighted by atomic mass is 9.45. The molecule has 140 valence electrons. The predicted molar refractivity (Wildman–Crippen MR) is 109 cm³/mol. The van der Waals surface area contributed by atoms with E-state index in [4.69, 9.17) is 0 Å². The van der Waals surface area contributed by atoms with Gasteiger partial charge in [-0.15, -0.1) is 0 Å². The van der Waals surface area contributed by atoms with Crippen LogP contribution in [-0.2, 0) is 0 Å². The van der Waals surface area contributed by atoms with Gasteiger partial charge < -0.3 is 0 Å². The molecule has 0 aliphatic heterocycles. The third kappa shape index (κ3) is 2.25. The summed E-state index contributed by atoms with van der Waals surface area (Å²) in [5.41, 5.74) is 5.48. The summed E-state index contributed by atoms with van der Waals surface area (Å²) >= 11 is 0. The molecule has 3 fully saturated rings. The zero-order valence-electron chi connectivity index (χ0n) is 16.9. The van der Waals surface area contributed by atoms with Crippen LogP contribution in [0.15, 0.2) is 24.5 Å². The lowest BCUT2D eigenvalue weighted by Crippen LogP contribution is -2.52. The van der Waals surface area contributed by atoms with Gasteiger partial charge in [0.15, 0.2) is 0 Å². The van der Waals surface area contributed by atoms with Crippen molar-refractivity contribution in [2.24, 2.45) is 34.5 Å². The normalized spacial score (nSPS) is 44.7. The topological polar surface area (TPSA) is 12.9 Å². The van der Waals surface area contributed by atoms with Gasteiger partial charge in [-0.25, -0.2) is 0 Å². The molecule has 0 bridgehead atoms. The third-order valence-corrected chi connectivity index (χ3v) is 9.49. The van der Waals surface area contributed by atoms with E-state index in [1.54, 1.807) is 5.57 Å². The molecule has 26 heavy (non-hydrogen) atoms. The number of hydrogen-bond donors (Lipinski definition) is 0. The molecule has 0 aromatic carbocycles. The molecule has 1 nitrogen and oxygen atoms in total. The number of aromatic nitrogens is 1. The minimum atomic E-state index is 0.382. The fraction of sp³-hybridized carbons (Fsp3) is 0.720. The summed E-state index contributed by atoms with van der Waals surface area (Å²) in [5, 5.41) is 0. The maximum atomic E-state index is 4.46. The van der Waals surface area contributed by atoms with Crippen molar-refractivity contribution in [2.75, 3.05) is 0 Å². The smallest absolute Gasteiger partial charge is 0.0345 e. The molecule has 0 radical (unpaired) electrons. The zero-order valence-corrected chi connectivity index (χ0v) is 16.9. The lowest BCUT2D eigenvalue weighted by Gasteiger charge is -2.60. The molecule has 4 aliphatic rings. The van der Waals surface area contributed by atoms with Crippen molar-refractivity contribution >= 4 is 5.57 Å². The molecule has 4 aliphatic carbocycles. The largest absolute Gasteiger partial charge is 0.264 e. The standard InChI is InChI=1S/C25H35N/c1-17-12-15-26-16-20(17)22-10-9-21-19-8-7-18-6-4-5-13-24(18,2)23(19)11-14-25(21,22)3/h10,12,15-16,18-19,21,23H,4-9,11,13-14H2,1-3H3/t18?,19-,21-,23-,24-,25-/m0/s1. The first-order valence-corrected chi connectivity index (χ1v) is 11.2. The molecule has 0 N–H and O–H groups in total. The highest BCUT2D eigenvalue weighted by Crippen LogP contribution is 2.67. The molecule has 0 amide bonds. The second-order valence-corrected chi connectivity index (χ2v) is 10.4. The van der Waals surface area contributed by atoms with Crippen LogP contribution in [0.2, 0.25) is 0 Å². The molecule has 3 saturated carbocycles. The van der Waals surface area contributed by atoms with Crippen molar-refractivity contribution in [3.8, 4) is 0 Å². The van der Waals surface area contributed by atoms with Crippen LogP contribution in [0.5, 0.6) is 0 Å². The summed E-state index contributed by atoms with van der Waals surface area (Å²) in [7, 11) is 0. The summed E-state index contributed by atoms with van der Waals surface area (Å²) in [5.74, 6) is 3.84. The van der Waals surface area contributed by atoms with Gasteiger partial charge in [-0.3, -0.25) is 4.98 Å². The van der Waals surface area contributed by atoms with Gasteiger partial charge in [0.05, 0.1) is 0 Å². The van der Waals surface area contributed by atoms with Crippen LogP contribution < -0.4 is 0 Å². The SMILES string of the molecule is Cc1ccncc1C1=CC[C@H]2[C@@H]3CCC4CCCC[C@]4(C)[C@H]3CC[C@]12C. The molecule has 1 aromatic rings. The van der Waals surface area contributed by atoms with Crippen molar-refractivity contribution < 1.29 is 0 Å². The quantitative estimate of drug-likeness (QED) is 0.542. The Morgan fingerprint density at radius 1 is 1.00 bits per heavy atom. The van der Waals surface area contributed by atoms with Gasteiger partial charge in [0, 0.05) is 12.4 Å². The maximum absolute atomic E-state index is 4.46. The molecule has 6 atom stereocenters. The van der Waals surface area contributed by atoms with Crippen LogP contribution in [0.25, 0.3) is 5.57 Å². The van der Waals surface area contributed by atoms with Crippen molar-refractivity contribution in [3.05, 3.63) is 35.7 Å². The summed E-state index contributed by atoms with van der Waals surface area (Å²) in [6, 6.07) is 2.19. The molecular weight excluding hydrogens is 314 g/mol. The first kappa shape index (κ1) is 17.0. The summed E-state index contributed by atoms with van der Waals surface area (Å²) < 4.78 is 0. The highest BCUT2D eigenvalue weighted by atomic mass is 14.6. The fourth-order valence-electron chi connectivity index (χ4n) is 8.03. The van der Waals surface area contributed by atoms with E-state index in [0.717, 1.165) is 23.7 Å². The van der Waals surface area contributed by atoms with E-state index in [-0.39, 0.29) is 0 Å². The van der Waals surface area contributed by atoms with Crippen LogP contribution in [-0.4, -0.2) is 4.98 Å². The first-order valence-electron chi connectivity index (χ1n) is 11.2. The molecular formula is C25H35N. The van der Waals surface area contributed by atoms with E-state index >= 15 is 0 Å². The van der Waals surface area contributed by atoms with E-state index in [1.807, 2.05) is 6.20 Å². The number of nitrogens with zero attached hydrogens (tertiary/aromatic N) is 1. The Balaban J connectivity index is 1.47. The van der Waals surface area contributed by atoms with E-state index in [0.29, 0.717) is 10.8 Å². The second kappa shape index (κ2) is 5.94. The van der Waals surface area contributed by atoms with Crippen molar-refractivity contribution in [3.63, 3.8) is 0 Å². The van der Waals surface area contributed by atoms with E-state index < -0.39 is 0 Å². The fourth-order valence-corrected chi connectivity index (χ4v) is 8.03. The Morgan fingerprint density at radius 2 is 1.88 bits per heavy atom. The number of allylic oxidation sites excluding steroid dienone is 2. The van der Waals surface area contributed by atoms with E-state index in [2.05, 4.69) is 44.1 Å². The number of fused-ring (bicyclic) bond motifs is 5. The van der Waals surface area contributed by atoms with Crippen LogP contribution in [0.3, 0.4) is 0 Å². The van der Waals surface area contributed by atoms with Gasteiger partial charge in [0.1, 0.15) is 0 Å². The van der Waals surface area contributed by atoms with E-state index in [9.17, 15) is 0 Å². The van der Waals surface area contributed by atoms with Crippen molar-refractivity contribution in [1.29, 1.82) is 0 Å². The molecule has 5 rings (SSSR count). The average Bonchev–Trinajstić information content (AvgIpc) is 2.99. The lowest BCUT2D eigenvalue weighted by molar-refractivity contribution is -0.0953. The van der Waals surface area contributed by atoms with E-state index in [1.165, 1.54) is 68.9 Å².